The SMILES string of the molecule is CC=C(CC)Oc1c(O)c2cc(OCC(=O)O)ccc2oc1=O. The minimum Gasteiger partial charge on any atom is -0.504 e. The molecule has 0 fully saturated rings. The normalized spacial score (nSPS) is 11.5. The molecule has 0 aliphatic heterocycles. The Labute approximate surface area is 131 Å². The summed E-state index contributed by atoms with van der Waals surface area (Å²) in [6.07, 6.45) is 2.21. The van der Waals surface area contributed by atoms with Gasteiger partial charge in [0, 0.05) is 6.42 Å². The first-order chi connectivity index (χ1) is 11.0. The monoisotopic (exact) mass is 320 g/mol. The summed E-state index contributed by atoms with van der Waals surface area (Å²) in [7, 11) is 0. The zero-order valence-corrected chi connectivity index (χ0v) is 12.7. The van der Waals surface area contributed by atoms with Crippen LogP contribution in [0, 0.1) is 0 Å². The van der Waals surface area contributed by atoms with Crippen molar-refractivity contribution in [3.63, 3.8) is 0 Å². The maximum absolute atomic E-state index is 11.9. The predicted octanol–water partition coefficient (Wildman–Crippen LogP) is 2.65. The van der Waals surface area contributed by atoms with E-state index in [1.165, 1.54) is 18.2 Å². The van der Waals surface area contributed by atoms with Gasteiger partial charge in [-0.25, -0.2) is 9.59 Å². The Kier molecular flexibility index (Phi) is 4.90. The van der Waals surface area contributed by atoms with E-state index in [0.717, 1.165) is 0 Å². The van der Waals surface area contributed by atoms with Crippen molar-refractivity contribution in [2.75, 3.05) is 6.61 Å². The molecule has 7 nitrogen and oxygen atoms in total. The van der Waals surface area contributed by atoms with Gasteiger partial charge in [0.2, 0.25) is 0 Å². The lowest BCUT2D eigenvalue weighted by atomic mass is 10.2. The summed E-state index contributed by atoms with van der Waals surface area (Å²) < 4.78 is 15.5. The van der Waals surface area contributed by atoms with Gasteiger partial charge in [-0.3, -0.25) is 0 Å². The third kappa shape index (κ3) is 3.63. The van der Waals surface area contributed by atoms with Crippen LogP contribution in [-0.4, -0.2) is 22.8 Å². The van der Waals surface area contributed by atoms with Crippen LogP contribution in [0.15, 0.2) is 39.2 Å². The van der Waals surface area contributed by atoms with Crippen LogP contribution >= 0.6 is 0 Å². The van der Waals surface area contributed by atoms with Crippen molar-refractivity contribution >= 4 is 16.9 Å². The summed E-state index contributed by atoms with van der Waals surface area (Å²) in [4.78, 5) is 22.5. The summed E-state index contributed by atoms with van der Waals surface area (Å²) in [6, 6.07) is 4.23. The van der Waals surface area contributed by atoms with Gasteiger partial charge in [-0.15, -0.1) is 0 Å². The van der Waals surface area contributed by atoms with Gasteiger partial charge in [-0.2, -0.15) is 0 Å². The Morgan fingerprint density at radius 1 is 1.39 bits per heavy atom. The number of ether oxygens (including phenoxy) is 2. The first kappa shape index (κ1) is 16.4. The lowest BCUT2D eigenvalue weighted by Crippen LogP contribution is -2.09. The van der Waals surface area contributed by atoms with Crippen LogP contribution in [0.1, 0.15) is 20.3 Å². The average Bonchev–Trinajstić information content (AvgIpc) is 2.53. The third-order valence-corrected chi connectivity index (χ3v) is 3.08. The maximum atomic E-state index is 11.9. The van der Waals surface area contributed by atoms with E-state index in [0.29, 0.717) is 12.2 Å². The molecule has 0 radical (unpaired) electrons. The molecule has 0 saturated carbocycles. The molecule has 0 spiro atoms. The first-order valence-electron chi connectivity index (χ1n) is 6.93. The van der Waals surface area contributed by atoms with Crippen molar-refractivity contribution in [3.8, 4) is 17.2 Å². The largest absolute Gasteiger partial charge is 0.504 e. The fourth-order valence-electron chi connectivity index (χ4n) is 1.94. The van der Waals surface area contributed by atoms with Gasteiger partial charge in [0.15, 0.2) is 12.4 Å². The van der Waals surface area contributed by atoms with Gasteiger partial charge >= 0.3 is 11.6 Å². The molecule has 122 valence electrons. The zero-order chi connectivity index (χ0) is 17.0. The van der Waals surface area contributed by atoms with Crippen LogP contribution in [0.4, 0.5) is 0 Å². The van der Waals surface area contributed by atoms with Crippen LogP contribution in [-0.2, 0) is 4.79 Å². The molecule has 0 saturated heterocycles. The van der Waals surface area contributed by atoms with Crippen LogP contribution in [0.3, 0.4) is 0 Å². The fourth-order valence-corrected chi connectivity index (χ4v) is 1.94. The quantitative estimate of drug-likeness (QED) is 0.622. The molecule has 0 bridgehead atoms. The van der Waals surface area contributed by atoms with E-state index < -0.39 is 18.2 Å². The highest BCUT2D eigenvalue weighted by atomic mass is 16.5. The molecule has 2 N–H and O–H groups in total. The molecule has 2 aromatic rings. The molecule has 1 heterocycles. The van der Waals surface area contributed by atoms with E-state index >= 15 is 0 Å². The number of benzene rings is 1. The Bertz CT molecular complexity index is 817. The molecule has 0 aliphatic carbocycles. The van der Waals surface area contributed by atoms with Crippen LogP contribution < -0.4 is 15.1 Å². The maximum Gasteiger partial charge on any atom is 0.383 e. The highest BCUT2D eigenvalue weighted by molar-refractivity contribution is 5.86. The highest BCUT2D eigenvalue weighted by Gasteiger charge is 2.17. The number of aliphatic carboxylic acids is 1. The van der Waals surface area contributed by atoms with E-state index in [2.05, 4.69) is 0 Å². The Morgan fingerprint density at radius 2 is 2.13 bits per heavy atom. The number of allylic oxidation sites excluding steroid dienone is 2. The number of hydrogen-bond donors (Lipinski definition) is 2. The van der Waals surface area contributed by atoms with Crippen molar-refractivity contribution in [2.45, 2.75) is 20.3 Å². The van der Waals surface area contributed by atoms with Gasteiger partial charge < -0.3 is 24.1 Å². The second-order valence-electron chi connectivity index (χ2n) is 4.62. The van der Waals surface area contributed by atoms with Gasteiger partial charge in [0.1, 0.15) is 17.1 Å². The lowest BCUT2D eigenvalue weighted by Gasteiger charge is -2.10. The number of fused-ring (bicyclic) bond motifs is 1. The second kappa shape index (κ2) is 6.87. The number of aromatic hydroxyl groups is 1. The summed E-state index contributed by atoms with van der Waals surface area (Å²) in [5.74, 6) is -1.10. The topological polar surface area (TPSA) is 106 Å². The minimum absolute atomic E-state index is 0.140. The van der Waals surface area contributed by atoms with Gasteiger partial charge in [-0.05, 0) is 31.2 Å². The van der Waals surface area contributed by atoms with E-state index in [-0.39, 0.29) is 28.2 Å². The Hall–Kier alpha value is -2.96. The molecule has 7 heteroatoms. The van der Waals surface area contributed by atoms with E-state index in [4.69, 9.17) is 19.0 Å². The van der Waals surface area contributed by atoms with Crippen LogP contribution in [0.5, 0.6) is 17.2 Å². The van der Waals surface area contributed by atoms with Crippen LogP contribution in [0.25, 0.3) is 11.0 Å². The number of carbonyl (C=O) groups is 1. The standard InChI is InChI=1S/C16H16O7/c1-3-9(4-2)22-15-14(19)11-7-10(21-8-13(17)18)5-6-12(11)23-16(15)20/h3,5-7,19H,4,8H2,1-2H3,(H,17,18). The zero-order valence-electron chi connectivity index (χ0n) is 12.7. The molecule has 0 unspecified atom stereocenters. The van der Waals surface area contributed by atoms with Crippen LogP contribution in [0.2, 0.25) is 0 Å². The van der Waals surface area contributed by atoms with Gasteiger partial charge in [0.25, 0.3) is 5.75 Å². The lowest BCUT2D eigenvalue weighted by molar-refractivity contribution is -0.139. The second-order valence-corrected chi connectivity index (χ2v) is 4.62. The van der Waals surface area contributed by atoms with Crippen molar-refractivity contribution < 1.29 is 28.9 Å². The molecule has 23 heavy (non-hydrogen) atoms. The summed E-state index contributed by atoms with van der Waals surface area (Å²) in [6.45, 7) is 3.06. The summed E-state index contributed by atoms with van der Waals surface area (Å²) in [5, 5.41) is 19.1. The van der Waals surface area contributed by atoms with Crippen molar-refractivity contribution in [1.82, 2.24) is 0 Å². The minimum atomic E-state index is -1.13. The highest BCUT2D eigenvalue weighted by Crippen LogP contribution is 2.34. The van der Waals surface area contributed by atoms with E-state index in [1.807, 2.05) is 6.92 Å². The van der Waals surface area contributed by atoms with Gasteiger partial charge in [0.05, 0.1) is 5.39 Å². The molecule has 0 atom stereocenters. The molecular formula is C16H16O7. The number of carboxylic acid groups (broad SMARTS) is 1. The van der Waals surface area contributed by atoms with Crippen molar-refractivity contribution in [3.05, 3.63) is 40.5 Å². The van der Waals surface area contributed by atoms with E-state index in [1.54, 1.807) is 13.0 Å². The fraction of sp³-hybridized carbons (Fsp3) is 0.250. The molecular weight excluding hydrogens is 304 g/mol. The molecule has 1 aromatic carbocycles. The molecule has 0 amide bonds. The Balaban J connectivity index is 2.49. The third-order valence-electron chi connectivity index (χ3n) is 3.08. The van der Waals surface area contributed by atoms with E-state index in [9.17, 15) is 14.7 Å². The molecule has 1 aromatic heterocycles. The average molecular weight is 320 g/mol. The van der Waals surface area contributed by atoms with Gasteiger partial charge in [-0.1, -0.05) is 6.92 Å². The van der Waals surface area contributed by atoms with Crippen molar-refractivity contribution in [1.29, 1.82) is 0 Å². The number of carboxylic acids is 1. The Morgan fingerprint density at radius 3 is 2.74 bits per heavy atom. The smallest absolute Gasteiger partial charge is 0.383 e. The molecule has 2 rings (SSSR count). The summed E-state index contributed by atoms with van der Waals surface area (Å²) >= 11 is 0. The molecule has 0 aliphatic rings. The van der Waals surface area contributed by atoms with Crippen molar-refractivity contribution in [2.24, 2.45) is 0 Å². The predicted molar refractivity (Wildman–Crippen MR) is 82.0 cm³/mol. The first-order valence-corrected chi connectivity index (χ1v) is 6.93. The number of hydrogen-bond acceptors (Lipinski definition) is 6. The summed E-state index contributed by atoms with van der Waals surface area (Å²) in [5.41, 5.74) is -0.664. The number of rotatable bonds is 6.